The molecule has 1 atom stereocenters. The van der Waals surface area contributed by atoms with Gasteiger partial charge < -0.3 is 15.0 Å². The van der Waals surface area contributed by atoms with Gasteiger partial charge in [-0.25, -0.2) is 9.50 Å². The number of fused-ring (bicyclic) bond motifs is 1. The number of benzene rings is 1. The molecular formula is C25H31N5O2S. The zero-order valence-electron chi connectivity index (χ0n) is 19.1. The van der Waals surface area contributed by atoms with Gasteiger partial charge in [-0.15, -0.1) is 5.10 Å². The zero-order chi connectivity index (χ0) is 22.6. The molecule has 0 spiro atoms. The van der Waals surface area contributed by atoms with Crippen LogP contribution < -0.4 is 15.0 Å². The lowest BCUT2D eigenvalue weighted by Crippen LogP contribution is -2.43. The highest BCUT2D eigenvalue weighted by atomic mass is 32.1. The molecule has 0 bridgehead atoms. The number of piperidine rings is 1. The van der Waals surface area contributed by atoms with Crippen LogP contribution in [0.15, 0.2) is 42.1 Å². The van der Waals surface area contributed by atoms with Gasteiger partial charge >= 0.3 is 0 Å². The summed E-state index contributed by atoms with van der Waals surface area (Å²) in [5, 5.41) is 8.88. The molecule has 0 unspecified atom stereocenters. The molecular weight excluding hydrogens is 434 g/mol. The van der Waals surface area contributed by atoms with E-state index in [0.29, 0.717) is 0 Å². The van der Waals surface area contributed by atoms with E-state index in [4.69, 9.17) is 14.8 Å². The van der Waals surface area contributed by atoms with Crippen LogP contribution in [0.3, 0.4) is 0 Å². The minimum atomic E-state index is 0.0187. The number of imidazole rings is 1. The zero-order valence-corrected chi connectivity index (χ0v) is 19.9. The number of carbonyl (C=O) groups is 1. The van der Waals surface area contributed by atoms with Crippen molar-refractivity contribution in [2.24, 2.45) is 5.92 Å². The number of allylic oxidation sites excluding steroid dienone is 1. The Morgan fingerprint density at radius 2 is 2.12 bits per heavy atom. The molecule has 0 radical (unpaired) electrons. The highest BCUT2D eigenvalue weighted by Crippen LogP contribution is 2.30. The Kier molecular flexibility index (Phi) is 6.62. The van der Waals surface area contributed by atoms with Crippen molar-refractivity contribution in [1.29, 1.82) is 0 Å². The van der Waals surface area contributed by atoms with Crippen molar-refractivity contribution in [3.63, 3.8) is 0 Å². The van der Waals surface area contributed by atoms with Crippen LogP contribution in [0.2, 0.25) is 0 Å². The van der Waals surface area contributed by atoms with Crippen molar-refractivity contribution in [1.82, 2.24) is 19.9 Å². The first-order chi connectivity index (χ1) is 16.2. The molecule has 174 valence electrons. The van der Waals surface area contributed by atoms with Gasteiger partial charge in [0.05, 0.1) is 24.9 Å². The maximum atomic E-state index is 12.8. The second-order valence-electron chi connectivity index (χ2n) is 8.90. The van der Waals surface area contributed by atoms with Crippen molar-refractivity contribution in [2.75, 3.05) is 31.6 Å². The predicted molar refractivity (Wildman–Crippen MR) is 132 cm³/mol. The maximum Gasteiger partial charge on any atom is 0.224 e. The topological polar surface area (TPSA) is 71.8 Å². The number of rotatable bonds is 7. The first kappa shape index (κ1) is 21.9. The fraction of sp³-hybridized carbons (Fsp3) is 0.480. The summed E-state index contributed by atoms with van der Waals surface area (Å²) < 4.78 is 7.08. The third kappa shape index (κ3) is 5.05. The van der Waals surface area contributed by atoms with Gasteiger partial charge in [-0.05, 0) is 69.2 Å². The number of anilines is 1. The molecule has 1 amide bonds. The first-order valence-corrected chi connectivity index (χ1v) is 12.7. The van der Waals surface area contributed by atoms with Gasteiger partial charge in [-0.3, -0.25) is 4.79 Å². The molecule has 5 rings (SSSR count). The van der Waals surface area contributed by atoms with Crippen LogP contribution in [-0.2, 0) is 4.79 Å². The van der Waals surface area contributed by atoms with Crippen LogP contribution in [0.1, 0.15) is 44.9 Å². The van der Waals surface area contributed by atoms with Crippen molar-refractivity contribution in [3.8, 4) is 17.0 Å². The van der Waals surface area contributed by atoms with E-state index in [0.717, 1.165) is 66.0 Å². The fourth-order valence-corrected chi connectivity index (χ4v) is 5.62. The van der Waals surface area contributed by atoms with Gasteiger partial charge in [-0.2, -0.15) is 0 Å². The number of methoxy groups -OCH3 is 1. The number of nitrogens with one attached hydrogen (secondary N) is 1. The fourth-order valence-electron chi connectivity index (χ4n) is 4.71. The summed E-state index contributed by atoms with van der Waals surface area (Å²) in [6.45, 7) is 2.40. The lowest BCUT2D eigenvalue weighted by molar-refractivity contribution is -0.125. The van der Waals surface area contributed by atoms with Crippen LogP contribution in [0.4, 0.5) is 5.13 Å². The summed E-state index contributed by atoms with van der Waals surface area (Å²) in [5.74, 6) is 1.03. The normalized spacial score (nSPS) is 18.9. The number of nitrogens with zero attached hydrogens (tertiary/aromatic N) is 4. The van der Waals surface area contributed by atoms with Crippen LogP contribution in [0, 0.1) is 5.92 Å². The Morgan fingerprint density at radius 3 is 2.88 bits per heavy atom. The molecule has 8 heteroatoms. The lowest BCUT2D eigenvalue weighted by Gasteiger charge is -2.31. The summed E-state index contributed by atoms with van der Waals surface area (Å²) in [7, 11) is 1.66. The van der Waals surface area contributed by atoms with E-state index < -0.39 is 0 Å². The van der Waals surface area contributed by atoms with Gasteiger partial charge in [-0.1, -0.05) is 23.0 Å². The molecule has 3 aromatic rings. The van der Waals surface area contributed by atoms with Crippen LogP contribution in [0.5, 0.6) is 5.75 Å². The molecule has 0 saturated carbocycles. The summed E-state index contributed by atoms with van der Waals surface area (Å²) in [5.41, 5.74) is 3.44. The largest absolute Gasteiger partial charge is 0.497 e. The van der Waals surface area contributed by atoms with E-state index in [1.165, 1.54) is 31.3 Å². The Morgan fingerprint density at radius 1 is 1.24 bits per heavy atom. The number of aromatic nitrogens is 3. The lowest BCUT2D eigenvalue weighted by atomic mass is 9.96. The molecule has 2 aromatic heterocycles. The van der Waals surface area contributed by atoms with Gasteiger partial charge in [0, 0.05) is 25.2 Å². The highest BCUT2D eigenvalue weighted by Gasteiger charge is 2.27. The van der Waals surface area contributed by atoms with Gasteiger partial charge in [0.1, 0.15) is 5.75 Å². The average molecular weight is 466 g/mol. The second kappa shape index (κ2) is 9.95. The van der Waals surface area contributed by atoms with Crippen LogP contribution >= 0.6 is 11.3 Å². The van der Waals surface area contributed by atoms with E-state index in [2.05, 4.69) is 16.3 Å². The minimum Gasteiger partial charge on any atom is -0.497 e. The van der Waals surface area contributed by atoms with Gasteiger partial charge in [0.25, 0.3) is 0 Å². The average Bonchev–Trinajstić information content (AvgIpc) is 3.45. The van der Waals surface area contributed by atoms with E-state index in [1.807, 2.05) is 35.0 Å². The van der Waals surface area contributed by atoms with Gasteiger partial charge in [0.15, 0.2) is 0 Å². The van der Waals surface area contributed by atoms with Gasteiger partial charge in [0.2, 0.25) is 16.0 Å². The first-order valence-electron chi connectivity index (χ1n) is 11.9. The number of ether oxygens (including phenoxy) is 1. The van der Waals surface area contributed by atoms with Crippen molar-refractivity contribution < 1.29 is 9.53 Å². The number of hydrogen-bond acceptors (Lipinski definition) is 6. The molecule has 1 N–H and O–H groups in total. The predicted octanol–water partition coefficient (Wildman–Crippen LogP) is 4.69. The SMILES string of the molecule is COc1ccc(-c2cn3nc(N4CCC[C@@H](C(=O)NCCC5=CCCCC5)C4)sc3n2)cc1. The quantitative estimate of drug-likeness (QED) is 0.513. The molecule has 7 nitrogen and oxygen atoms in total. The minimum absolute atomic E-state index is 0.0187. The molecule has 1 aliphatic heterocycles. The Balaban J connectivity index is 1.19. The summed E-state index contributed by atoms with van der Waals surface area (Å²) in [4.78, 5) is 20.6. The number of hydrogen-bond donors (Lipinski definition) is 1. The summed E-state index contributed by atoms with van der Waals surface area (Å²) >= 11 is 1.58. The van der Waals surface area contributed by atoms with E-state index in [-0.39, 0.29) is 11.8 Å². The van der Waals surface area contributed by atoms with Crippen LogP contribution in [-0.4, -0.2) is 47.2 Å². The van der Waals surface area contributed by atoms with Crippen molar-refractivity contribution >= 4 is 27.3 Å². The molecule has 1 aliphatic carbocycles. The van der Waals surface area contributed by atoms with Crippen LogP contribution in [0.25, 0.3) is 16.2 Å². The third-order valence-corrected chi connectivity index (χ3v) is 7.59. The van der Waals surface area contributed by atoms with E-state index in [1.54, 1.807) is 18.4 Å². The molecule has 1 aromatic carbocycles. The monoisotopic (exact) mass is 465 g/mol. The second-order valence-corrected chi connectivity index (χ2v) is 9.84. The Hall–Kier alpha value is -2.87. The summed E-state index contributed by atoms with van der Waals surface area (Å²) in [6, 6.07) is 7.88. The molecule has 1 saturated heterocycles. The maximum absolute atomic E-state index is 12.8. The third-order valence-electron chi connectivity index (χ3n) is 6.61. The summed E-state index contributed by atoms with van der Waals surface area (Å²) in [6.07, 6.45) is 12.2. The molecule has 33 heavy (non-hydrogen) atoms. The number of amides is 1. The molecule has 3 heterocycles. The van der Waals surface area contributed by atoms with E-state index in [9.17, 15) is 4.79 Å². The molecule has 1 fully saturated rings. The smallest absolute Gasteiger partial charge is 0.224 e. The van der Waals surface area contributed by atoms with Crippen molar-refractivity contribution in [2.45, 2.75) is 44.9 Å². The van der Waals surface area contributed by atoms with E-state index >= 15 is 0 Å². The Bertz CT molecular complexity index is 1100. The highest BCUT2D eigenvalue weighted by molar-refractivity contribution is 7.20. The standard InChI is InChI=1S/C25H31N5O2S/c1-32-21-11-9-19(10-12-21)22-17-30-24(27-22)33-25(28-30)29-15-5-8-20(16-29)23(31)26-14-13-18-6-3-2-4-7-18/h6,9-12,17,20H,2-5,7-8,13-16H2,1H3,(H,26,31)/t20-/m1/s1. The Labute approximate surface area is 198 Å². The molecule has 2 aliphatic rings. The van der Waals surface area contributed by atoms with Crippen molar-refractivity contribution in [3.05, 3.63) is 42.1 Å². The number of carbonyl (C=O) groups excluding carboxylic acids is 1.